The predicted octanol–water partition coefficient (Wildman–Crippen LogP) is 0.0426. The molecule has 0 radical (unpaired) electrons. The number of alkyl halides is 3. The molecule has 4 atom stereocenters. The van der Waals surface area contributed by atoms with Crippen molar-refractivity contribution in [2.45, 2.75) is 37.6 Å². The Morgan fingerprint density at radius 1 is 1.27 bits per heavy atom. The summed E-state index contributed by atoms with van der Waals surface area (Å²) >= 11 is 0. The molecule has 1 saturated heterocycles. The Kier molecular flexibility index (Phi) is 5.71. The van der Waals surface area contributed by atoms with E-state index in [9.17, 15) is 28.2 Å². The van der Waals surface area contributed by atoms with Crippen molar-refractivity contribution in [1.82, 2.24) is 34.6 Å². The lowest BCUT2D eigenvalue weighted by atomic mass is 10.1. The number of hydrogen-bond acceptors (Lipinski definition) is 9. The monoisotopic (exact) mass is 470 g/mol. The molecule has 1 aliphatic heterocycles. The molecule has 3 aromatic rings. The molecule has 33 heavy (non-hydrogen) atoms. The number of aryl methyl sites for hydroxylation is 1. The molecular weight excluding hydrogens is 449 g/mol. The number of aliphatic hydroxyl groups is 2. The number of halogens is 3. The quantitative estimate of drug-likeness (QED) is 0.405. The van der Waals surface area contributed by atoms with Crippen LogP contribution in [0.2, 0.25) is 0 Å². The van der Waals surface area contributed by atoms with Crippen molar-refractivity contribution >= 4 is 22.9 Å². The van der Waals surface area contributed by atoms with Crippen LogP contribution in [-0.2, 0) is 22.8 Å². The topological polar surface area (TPSA) is 152 Å². The Balaban J connectivity index is 1.83. The van der Waals surface area contributed by atoms with Crippen LogP contribution in [0.15, 0.2) is 12.5 Å². The third-order valence-electron chi connectivity index (χ3n) is 5.12. The Bertz CT molecular complexity index is 1190. The van der Waals surface area contributed by atoms with Gasteiger partial charge in [-0.25, -0.2) is 15.0 Å². The summed E-state index contributed by atoms with van der Waals surface area (Å²) in [6, 6.07) is 0. The average molecular weight is 470 g/mol. The second-order valence-corrected chi connectivity index (χ2v) is 7.36. The molecule has 1 aliphatic rings. The molecule has 1 amide bonds. The van der Waals surface area contributed by atoms with Gasteiger partial charge in [-0.2, -0.15) is 18.3 Å². The van der Waals surface area contributed by atoms with Crippen LogP contribution < -0.4 is 10.6 Å². The number of nitrogens with zero attached hydrogens (tertiary/aromatic N) is 6. The highest BCUT2D eigenvalue weighted by molar-refractivity contribution is 5.85. The number of nitrogens with one attached hydrogen (secondary N) is 2. The molecule has 15 heteroatoms. The number of carbonyl (C=O) groups is 1. The number of amides is 1. The molecular formula is C18H21F3N8O4. The molecule has 0 unspecified atom stereocenters. The molecule has 4 N–H and O–H groups in total. The van der Waals surface area contributed by atoms with Gasteiger partial charge in [0.2, 0.25) is 0 Å². The molecule has 1 fully saturated rings. The normalized spacial score (nSPS) is 23.3. The summed E-state index contributed by atoms with van der Waals surface area (Å²) < 4.78 is 48.3. The van der Waals surface area contributed by atoms with Gasteiger partial charge in [-0.15, -0.1) is 0 Å². The van der Waals surface area contributed by atoms with E-state index in [0.717, 1.165) is 10.9 Å². The fraction of sp³-hybridized carbons (Fsp3) is 0.500. The van der Waals surface area contributed by atoms with Crippen LogP contribution in [0.25, 0.3) is 22.6 Å². The van der Waals surface area contributed by atoms with Gasteiger partial charge in [0.15, 0.2) is 40.8 Å². The maximum absolute atomic E-state index is 13.5. The Labute approximate surface area is 184 Å². The number of likely N-dealkylation sites (N-methyl/N-ethyl adjacent to an activating group) is 1. The number of fused-ring (bicyclic) bond motifs is 1. The van der Waals surface area contributed by atoms with E-state index in [2.05, 4.69) is 30.7 Å². The number of rotatable bonds is 5. The zero-order chi connectivity index (χ0) is 24.1. The minimum atomic E-state index is -4.75. The molecule has 4 rings (SSSR count). The van der Waals surface area contributed by atoms with Crippen molar-refractivity contribution in [3.63, 3.8) is 0 Å². The first kappa shape index (κ1) is 22.9. The molecule has 178 valence electrons. The lowest BCUT2D eigenvalue weighted by Gasteiger charge is -2.17. The van der Waals surface area contributed by atoms with Crippen molar-refractivity contribution in [2.24, 2.45) is 7.05 Å². The van der Waals surface area contributed by atoms with E-state index in [1.165, 1.54) is 25.0 Å². The molecule has 4 heterocycles. The number of imidazole rings is 1. The average Bonchev–Trinajstić information content (AvgIpc) is 3.43. The van der Waals surface area contributed by atoms with Crippen LogP contribution in [0, 0.1) is 0 Å². The van der Waals surface area contributed by atoms with E-state index in [4.69, 9.17) is 4.74 Å². The van der Waals surface area contributed by atoms with Crippen molar-refractivity contribution < 1.29 is 32.9 Å². The lowest BCUT2D eigenvalue weighted by Crippen LogP contribution is -2.42. The highest BCUT2D eigenvalue weighted by Crippen LogP contribution is 2.37. The summed E-state index contributed by atoms with van der Waals surface area (Å²) in [5.74, 6) is -0.784. The third kappa shape index (κ3) is 3.87. The third-order valence-corrected chi connectivity index (χ3v) is 5.12. The number of ether oxygens (including phenoxy) is 1. The molecule has 0 aliphatic carbocycles. The van der Waals surface area contributed by atoms with Gasteiger partial charge in [0, 0.05) is 26.8 Å². The Morgan fingerprint density at radius 3 is 2.64 bits per heavy atom. The van der Waals surface area contributed by atoms with E-state index < -0.39 is 42.3 Å². The number of aliphatic hydroxyl groups excluding tert-OH is 2. The van der Waals surface area contributed by atoms with Gasteiger partial charge in [0.25, 0.3) is 5.91 Å². The number of aromatic nitrogens is 6. The van der Waals surface area contributed by atoms with Gasteiger partial charge in [-0.1, -0.05) is 0 Å². The summed E-state index contributed by atoms with van der Waals surface area (Å²) in [4.78, 5) is 24.7. The van der Waals surface area contributed by atoms with E-state index in [0.29, 0.717) is 0 Å². The second-order valence-electron chi connectivity index (χ2n) is 7.36. The fourth-order valence-corrected chi connectivity index (χ4v) is 3.64. The first-order valence-corrected chi connectivity index (χ1v) is 9.89. The summed E-state index contributed by atoms with van der Waals surface area (Å²) in [7, 11) is 2.85. The van der Waals surface area contributed by atoms with Crippen molar-refractivity contribution in [2.75, 3.05) is 18.9 Å². The van der Waals surface area contributed by atoms with Crippen LogP contribution in [-0.4, -0.2) is 77.3 Å². The van der Waals surface area contributed by atoms with Crippen LogP contribution in [0.4, 0.5) is 19.0 Å². The van der Waals surface area contributed by atoms with Crippen LogP contribution in [0.5, 0.6) is 0 Å². The summed E-state index contributed by atoms with van der Waals surface area (Å²) in [6.45, 7) is 1.97. The first-order valence-electron chi connectivity index (χ1n) is 9.89. The number of hydrogen-bond donors (Lipinski definition) is 4. The van der Waals surface area contributed by atoms with E-state index >= 15 is 0 Å². The predicted molar refractivity (Wildman–Crippen MR) is 107 cm³/mol. The standard InChI is InChI=1S/C18H21F3N8O4/c1-4-23-16(32)11-9(30)10(31)17(33-11)29-6-24-8-14(22-2)25-13(26-15(8)29)7-5-28(3)27-12(7)18(19,20)21/h5-6,9-11,17,30-31H,4H2,1-3H3,(H,23,32)(H,22,25,26)/t9-,10+,11-,17+/m0/s1. The van der Waals surface area contributed by atoms with E-state index in [-0.39, 0.29) is 34.9 Å². The highest BCUT2D eigenvalue weighted by atomic mass is 19.4. The number of carbonyl (C=O) groups excluding carboxylic acids is 1. The fourth-order valence-electron chi connectivity index (χ4n) is 3.64. The second kappa shape index (κ2) is 8.24. The summed E-state index contributed by atoms with van der Waals surface area (Å²) in [6.07, 6.45) is -8.08. The van der Waals surface area contributed by atoms with Crippen molar-refractivity contribution in [1.29, 1.82) is 0 Å². The van der Waals surface area contributed by atoms with E-state index in [1.807, 2.05) is 0 Å². The van der Waals surface area contributed by atoms with Gasteiger partial charge < -0.3 is 25.6 Å². The molecule has 3 aromatic heterocycles. The van der Waals surface area contributed by atoms with Gasteiger partial charge in [0.05, 0.1) is 11.9 Å². The van der Waals surface area contributed by atoms with Crippen LogP contribution >= 0.6 is 0 Å². The van der Waals surface area contributed by atoms with Gasteiger partial charge in [0.1, 0.15) is 12.2 Å². The van der Waals surface area contributed by atoms with Gasteiger partial charge in [-0.3, -0.25) is 14.0 Å². The van der Waals surface area contributed by atoms with Crippen molar-refractivity contribution in [3.8, 4) is 11.4 Å². The summed E-state index contributed by atoms with van der Waals surface area (Å²) in [5.41, 5.74) is -1.31. The maximum atomic E-state index is 13.5. The molecule has 0 aromatic carbocycles. The first-order chi connectivity index (χ1) is 15.6. The maximum Gasteiger partial charge on any atom is 0.435 e. The van der Waals surface area contributed by atoms with Crippen LogP contribution in [0.1, 0.15) is 18.8 Å². The molecule has 0 spiro atoms. The zero-order valence-electron chi connectivity index (χ0n) is 17.7. The number of anilines is 1. The highest BCUT2D eigenvalue weighted by Gasteiger charge is 2.48. The largest absolute Gasteiger partial charge is 0.435 e. The zero-order valence-corrected chi connectivity index (χ0v) is 17.7. The Hall–Kier alpha value is -3.30. The van der Waals surface area contributed by atoms with Gasteiger partial charge in [-0.05, 0) is 6.92 Å². The molecule has 12 nitrogen and oxygen atoms in total. The Morgan fingerprint density at radius 2 is 2.00 bits per heavy atom. The van der Waals surface area contributed by atoms with Crippen LogP contribution in [0.3, 0.4) is 0 Å². The van der Waals surface area contributed by atoms with Crippen molar-refractivity contribution in [3.05, 3.63) is 18.2 Å². The molecule has 0 saturated carbocycles. The van der Waals surface area contributed by atoms with Gasteiger partial charge >= 0.3 is 6.18 Å². The van der Waals surface area contributed by atoms with E-state index in [1.54, 1.807) is 6.92 Å². The minimum Gasteiger partial charge on any atom is -0.387 e. The smallest absolute Gasteiger partial charge is 0.387 e. The lowest BCUT2D eigenvalue weighted by molar-refractivity contribution is -0.141. The minimum absolute atomic E-state index is 0.0223. The summed E-state index contributed by atoms with van der Waals surface area (Å²) in [5, 5.41) is 29.6. The molecule has 0 bridgehead atoms. The SMILES string of the molecule is CCNC(=O)[C@H]1O[C@@H](n2cnc3c(NC)nc(-c4cn(C)nc4C(F)(F)F)nc32)[C@H](O)[C@@H]1O.